The maximum Gasteiger partial charge on any atom is 0.184 e. The van der Waals surface area contributed by atoms with Crippen LogP contribution in [-0.4, -0.2) is 37.0 Å². The first-order valence-electron chi connectivity index (χ1n) is 9.80. The van der Waals surface area contributed by atoms with Crippen molar-refractivity contribution in [1.29, 1.82) is 0 Å². The molecule has 2 aromatic rings. The van der Waals surface area contributed by atoms with Crippen molar-refractivity contribution in [2.45, 2.75) is 42.5 Å². The maximum atomic E-state index is 9.62. The summed E-state index contributed by atoms with van der Waals surface area (Å²) in [5.41, 5.74) is 9.18. The number of thiol groups is 1. The Bertz CT molecular complexity index is 980. The van der Waals surface area contributed by atoms with Gasteiger partial charge in [-0.2, -0.15) is 0 Å². The molecule has 2 aromatic carbocycles. The lowest BCUT2D eigenvalue weighted by molar-refractivity contribution is -0.319. The van der Waals surface area contributed by atoms with E-state index in [0.29, 0.717) is 17.2 Å². The molecule has 2 saturated heterocycles. The Labute approximate surface area is 199 Å². The Morgan fingerprint density at radius 2 is 2.06 bits per heavy atom. The molecule has 0 aliphatic carbocycles. The highest BCUT2D eigenvalue weighted by Crippen LogP contribution is 2.49. The van der Waals surface area contributed by atoms with Crippen molar-refractivity contribution in [3.8, 4) is 0 Å². The largest absolute Gasteiger partial charge is 0.374 e. The molecule has 0 saturated carbocycles. The van der Waals surface area contributed by atoms with Crippen molar-refractivity contribution in [3.05, 3.63) is 79.6 Å². The van der Waals surface area contributed by atoms with Crippen LogP contribution in [0.15, 0.2) is 58.1 Å². The molecule has 0 N–H and O–H groups in total. The molecule has 31 heavy (non-hydrogen) atoms. The number of ether oxygens (including phenoxy) is 4. The molecule has 2 fully saturated rings. The van der Waals surface area contributed by atoms with Gasteiger partial charge in [-0.1, -0.05) is 53.1 Å². The zero-order valence-electron chi connectivity index (χ0n) is 16.6. The number of hydrogen-bond donors (Lipinski definition) is 1. The third-order valence-electron chi connectivity index (χ3n) is 5.47. The van der Waals surface area contributed by atoms with E-state index in [0.717, 1.165) is 10.0 Å². The van der Waals surface area contributed by atoms with Crippen LogP contribution in [0, 0.1) is 0 Å². The Kier molecular flexibility index (Phi) is 7.15. The highest BCUT2D eigenvalue weighted by atomic mass is 79.9. The van der Waals surface area contributed by atoms with Gasteiger partial charge in [-0.25, -0.2) is 0 Å². The average molecular weight is 527 g/mol. The molecule has 164 valence electrons. The number of fused-ring (bicyclic) bond motifs is 1. The molecule has 0 amide bonds. The number of benzene rings is 2. The quantitative estimate of drug-likeness (QED) is 0.231. The molecular formula is C21H21BrClN3O4S. The lowest BCUT2D eigenvalue weighted by atomic mass is 9.75. The van der Waals surface area contributed by atoms with Crippen molar-refractivity contribution in [1.82, 2.24) is 0 Å². The summed E-state index contributed by atoms with van der Waals surface area (Å²) >= 11 is 14.5. The van der Waals surface area contributed by atoms with Crippen molar-refractivity contribution in [2.24, 2.45) is 5.11 Å². The van der Waals surface area contributed by atoms with Crippen LogP contribution in [0.3, 0.4) is 0 Å². The molecule has 7 nitrogen and oxygen atoms in total. The van der Waals surface area contributed by atoms with Gasteiger partial charge in [0.25, 0.3) is 0 Å². The summed E-state index contributed by atoms with van der Waals surface area (Å²) in [6, 6.07) is 15.0. The van der Waals surface area contributed by atoms with Gasteiger partial charge in [0.2, 0.25) is 0 Å². The van der Waals surface area contributed by atoms with Crippen LogP contribution in [0.4, 0.5) is 0 Å². The highest BCUT2D eigenvalue weighted by Gasteiger charge is 2.60. The van der Waals surface area contributed by atoms with Gasteiger partial charge in [0.15, 0.2) is 6.29 Å². The predicted octanol–water partition coefficient (Wildman–Crippen LogP) is 5.78. The lowest BCUT2D eigenvalue weighted by Gasteiger charge is -2.54. The van der Waals surface area contributed by atoms with Gasteiger partial charge >= 0.3 is 0 Å². The van der Waals surface area contributed by atoms with Crippen LogP contribution in [-0.2, 0) is 24.5 Å². The lowest BCUT2D eigenvalue weighted by Crippen LogP contribution is -2.66. The number of rotatable bonds is 5. The Morgan fingerprint density at radius 1 is 1.29 bits per heavy atom. The number of halogens is 2. The Hall–Kier alpha value is -1.29. The fraction of sp³-hybridized carbons (Fsp3) is 0.429. The van der Waals surface area contributed by atoms with Gasteiger partial charge < -0.3 is 18.9 Å². The fourth-order valence-electron chi connectivity index (χ4n) is 4.15. The van der Waals surface area contributed by atoms with E-state index in [4.69, 9.17) is 30.5 Å². The van der Waals surface area contributed by atoms with Crippen molar-refractivity contribution in [3.63, 3.8) is 0 Å². The summed E-state index contributed by atoms with van der Waals surface area (Å²) in [7, 11) is 0. The first-order chi connectivity index (χ1) is 15.0. The van der Waals surface area contributed by atoms with Crippen molar-refractivity contribution < 1.29 is 18.9 Å². The highest BCUT2D eigenvalue weighted by molar-refractivity contribution is 9.10. The molecule has 2 unspecified atom stereocenters. The van der Waals surface area contributed by atoms with Crippen molar-refractivity contribution in [2.75, 3.05) is 13.2 Å². The molecule has 4 rings (SSSR count). The molecule has 2 heterocycles. The summed E-state index contributed by atoms with van der Waals surface area (Å²) in [5.74, 6) is 0. The average Bonchev–Trinajstić information content (AvgIpc) is 2.78. The van der Waals surface area contributed by atoms with Gasteiger partial charge in [-0.05, 0) is 46.1 Å². The molecule has 0 spiro atoms. The monoisotopic (exact) mass is 525 g/mol. The van der Waals surface area contributed by atoms with E-state index in [-0.39, 0.29) is 6.61 Å². The third kappa shape index (κ3) is 4.21. The number of azide groups is 1. The summed E-state index contributed by atoms with van der Waals surface area (Å²) in [5, 5.41) is 4.77. The topological polar surface area (TPSA) is 85.7 Å². The molecule has 2 aliphatic rings. The molecular weight excluding hydrogens is 506 g/mol. The van der Waals surface area contributed by atoms with Crippen LogP contribution in [0.1, 0.15) is 24.3 Å². The van der Waals surface area contributed by atoms with Gasteiger partial charge in [0.1, 0.15) is 29.3 Å². The smallest absolute Gasteiger partial charge is 0.184 e. The van der Waals surface area contributed by atoms with E-state index < -0.39 is 35.6 Å². The Balaban J connectivity index is 1.86. The molecule has 0 aromatic heterocycles. The Morgan fingerprint density at radius 3 is 2.74 bits per heavy atom. The van der Waals surface area contributed by atoms with Gasteiger partial charge in [-0.15, -0.1) is 12.6 Å². The summed E-state index contributed by atoms with van der Waals surface area (Å²) in [6.07, 6.45) is -2.58. The second kappa shape index (κ2) is 9.68. The van der Waals surface area contributed by atoms with Gasteiger partial charge in [0, 0.05) is 21.6 Å². The van der Waals surface area contributed by atoms with E-state index in [1.807, 2.05) is 43.3 Å². The standard InChI is InChI=1S/C21H21BrClN3O4S/c1-2-27-18-20(31)29-16-11-28-19(12-6-4-3-5-7-12)30-17(16)21(18,25-26-24)13-8-9-14(22)15(23)10-13/h3-10,16-20,31H,2,11H2,1H3/t16-,17+,18+,19?,20-,21?/m1/s1. The SMILES string of the molecule is CCO[C@H]1[C@@H](S)O[C@@H]2COC(c3ccccc3)O[C@@H]2C1(N=[N+]=[N-])c1ccc(Br)c(Cl)c1. The fourth-order valence-corrected chi connectivity index (χ4v) is 5.05. The van der Waals surface area contributed by atoms with E-state index in [2.05, 4.69) is 38.6 Å². The molecule has 0 bridgehead atoms. The minimum absolute atomic E-state index is 0.243. The predicted molar refractivity (Wildman–Crippen MR) is 123 cm³/mol. The first-order valence-corrected chi connectivity index (χ1v) is 11.5. The molecule has 6 atom stereocenters. The molecule has 10 heteroatoms. The molecule has 0 radical (unpaired) electrons. The normalized spacial score (nSPS) is 32.7. The summed E-state index contributed by atoms with van der Waals surface area (Å²) < 4.78 is 25.2. The van der Waals surface area contributed by atoms with Crippen LogP contribution >= 0.6 is 40.2 Å². The van der Waals surface area contributed by atoms with E-state index >= 15 is 0 Å². The van der Waals surface area contributed by atoms with E-state index in [9.17, 15) is 5.53 Å². The van der Waals surface area contributed by atoms with E-state index in [1.54, 1.807) is 12.1 Å². The number of hydrogen-bond acceptors (Lipinski definition) is 6. The van der Waals surface area contributed by atoms with Gasteiger partial charge in [0.05, 0.1) is 11.6 Å². The third-order valence-corrected chi connectivity index (χ3v) is 7.10. The summed E-state index contributed by atoms with van der Waals surface area (Å²) in [4.78, 5) is 3.20. The van der Waals surface area contributed by atoms with Crippen LogP contribution < -0.4 is 0 Å². The van der Waals surface area contributed by atoms with E-state index in [1.165, 1.54) is 0 Å². The zero-order chi connectivity index (χ0) is 22.0. The minimum atomic E-state index is -1.28. The zero-order valence-corrected chi connectivity index (χ0v) is 19.8. The molecule has 2 aliphatic heterocycles. The van der Waals surface area contributed by atoms with Crippen LogP contribution in [0.25, 0.3) is 10.4 Å². The minimum Gasteiger partial charge on any atom is -0.374 e. The summed E-state index contributed by atoms with van der Waals surface area (Å²) in [6.45, 7) is 2.47. The van der Waals surface area contributed by atoms with Crippen LogP contribution in [0.5, 0.6) is 0 Å². The van der Waals surface area contributed by atoms with Crippen LogP contribution in [0.2, 0.25) is 5.02 Å². The first kappa shape index (κ1) is 22.9. The van der Waals surface area contributed by atoms with Gasteiger partial charge in [-0.3, -0.25) is 0 Å². The van der Waals surface area contributed by atoms with Crippen molar-refractivity contribution >= 4 is 40.2 Å². The second-order valence-corrected chi connectivity index (χ2v) is 8.99. The maximum absolute atomic E-state index is 9.62. The second-order valence-electron chi connectivity index (χ2n) is 7.22. The number of nitrogens with zero attached hydrogens (tertiary/aromatic N) is 3.